The number of aromatic amines is 1. The number of halogens is 1. The van der Waals surface area contributed by atoms with E-state index in [4.69, 9.17) is 14.6 Å². The molecule has 8 N–H and O–H groups in total. The number of aliphatic hydroxyl groups excluding tert-OH is 5. The predicted molar refractivity (Wildman–Crippen MR) is 113 cm³/mol. The topological polar surface area (TPSA) is 277 Å². The zero-order chi connectivity index (χ0) is 27.7. The highest BCUT2D eigenvalue weighted by Gasteiger charge is 2.48. The predicted octanol–water partition coefficient (Wildman–Crippen LogP) is -3.77. The quantitative estimate of drug-likeness (QED) is 0.123. The van der Waals surface area contributed by atoms with Gasteiger partial charge < -0.3 is 49.5 Å². The van der Waals surface area contributed by atoms with Gasteiger partial charge >= 0.3 is 21.1 Å². The number of aromatic nitrogens is 2. The first kappa shape index (κ1) is 30.1. The lowest BCUT2D eigenvalue weighted by atomic mass is 10.0. The van der Waals surface area contributed by atoms with Gasteiger partial charge in [-0.25, -0.2) is 18.1 Å². The lowest BCUT2D eigenvalue weighted by molar-refractivity contribution is -0.282. The molecular formula is C16H25FN2O16P2. The molecule has 18 nitrogen and oxygen atoms in total. The Bertz CT molecular complexity index is 1150. The van der Waals surface area contributed by atoms with E-state index in [0.29, 0.717) is 0 Å². The maximum absolute atomic E-state index is 14.1. The summed E-state index contributed by atoms with van der Waals surface area (Å²) in [5, 5.41) is 48.5. The summed E-state index contributed by atoms with van der Waals surface area (Å²) in [6, 6.07) is 0.931. The van der Waals surface area contributed by atoms with Crippen LogP contribution in [-0.2, 0) is 32.2 Å². The molecule has 212 valence electrons. The van der Waals surface area contributed by atoms with Gasteiger partial charge in [0.1, 0.15) is 36.6 Å². The summed E-state index contributed by atoms with van der Waals surface area (Å²) in [6.45, 7) is -1.86. The van der Waals surface area contributed by atoms with E-state index in [0.717, 1.165) is 16.8 Å². The fourth-order valence-corrected chi connectivity index (χ4v) is 5.78. The lowest BCUT2D eigenvalue weighted by Crippen LogP contribution is -2.57. The monoisotopic (exact) mass is 582 g/mol. The van der Waals surface area contributed by atoms with Crippen molar-refractivity contribution in [1.82, 2.24) is 9.55 Å². The second kappa shape index (κ2) is 11.8. The minimum absolute atomic E-state index is 0.729. The standard InChI is InChI=1S/C16H25FN2O16P2/c17-9-12(24)10(22)6(3-20)34-15(9)31-5-36(27,28)35-37(29,30)32-4-7-11(23)13(25)14(33-7)19-2-1-8(21)18-16(19)26/h1-2,6-7,9-15,20,22-25H,3-5H2,(H,27,28)(H,29,30)(H,18,21,26)/t6-,7-,9-,10-,11-,12-,13-,14-,15+/m1/s1. The Morgan fingerprint density at radius 2 is 1.68 bits per heavy atom. The Morgan fingerprint density at radius 3 is 2.30 bits per heavy atom. The largest absolute Gasteiger partial charge is 0.479 e. The van der Waals surface area contributed by atoms with Gasteiger partial charge in [0.05, 0.1) is 13.2 Å². The molecule has 2 fully saturated rings. The first-order valence-electron chi connectivity index (χ1n) is 10.4. The number of alkyl halides is 1. The van der Waals surface area contributed by atoms with E-state index in [1.54, 1.807) is 0 Å². The molecule has 0 aromatic carbocycles. The Kier molecular flexibility index (Phi) is 9.58. The van der Waals surface area contributed by atoms with Crippen molar-refractivity contribution in [3.05, 3.63) is 33.1 Å². The second-order valence-corrected chi connectivity index (χ2v) is 11.4. The summed E-state index contributed by atoms with van der Waals surface area (Å²) in [7, 11) is -10.6. The minimum atomic E-state index is -5.39. The zero-order valence-electron chi connectivity index (χ0n) is 18.5. The maximum atomic E-state index is 14.1. The summed E-state index contributed by atoms with van der Waals surface area (Å²) in [6.07, 6.45) is -17.0. The van der Waals surface area contributed by atoms with Crippen molar-refractivity contribution < 1.29 is 71.9 Å². The van der Waals surface area contributed by atoms with E-state index >= 15 is 0 Å². The van der Waals surface area contributed by atoms with E-state index in [9.17, 15) is 53.3 Å². The number of phosphoric acid groups is 1. The summed E-state index contributed by atoms with van der Waals surface area (Å²) < 4.78 is 62.6. The highest BCUT2D eigenvalue weighted by atomic mass is 31.3. The smallest absolute Gasteiger partial charge is 0.394 e. The number of hydrogen-bond acceptors (Lipinski definition) is 14. The highest BCUT2D eigenvalue weighted by molar-refractivity contribution is 7.63. The molecule has 0 amide bonds. The van der Waals surface area contributed by atoms with Crippen LogP contribution in [0.5, 0.6) is 0 Å². The number of ether oxygens (including phenoxy) is 3. The third-order valence-corrected chi connectivity index (χ3v) is 8.10. The van der Waals surface area contributed by atoms with E-state index in [1.165, 1.54) is 0 Å². The van der Waals surface area contributed by atoms with E-state index in [1.807, 2.05) is 4.98 Å². The van der Waals surface area contributed by atoms with Gasteiger partial charge in [-0.3, -0.25) is 23.4 Å². The fraction of sp³-hybridized carbons (Fsp3) is 0.750. The number of H-pyrrole nitrogens is 1. The second-order valence-electron chi connectivity index (χ2n) is 7.99. The van der Waals surface area contributed by atoms with Crippen molar-refractivity contribution in [3.8, 4) is 0 Å². The highest BCUT2D eigenvalue weighted by Crippen LogP contribution is 2.60. The molecular weight excluding hydrogens is 557 g/mol. The number of hydrogen-bond donors (Lipinski definition) is 8. The van der Waals surface area contributed by atoms with Crippen molar-refractivity contribution in [2.75, 3.05) is 19.6 Å². The van der Waals surface area contributed by atoms with Crippen molar-refractivity contribution >= 4 is 15.4 Å². The SMILES string of the molecule is O=c1ccn([C@@H]2O[C@H](COP(=O)(O)OP(=O)(O)CO[C@H]3O[C@H](CO)[C@@H](O)[C@H](O)[C@H]3F)[C@@H](O)[C@H]2O)c(=O)[nH]1. The number of rotatable bonds is 10. The summed E-state index contributed by atoms with van der Waals surface area (Å²) >= 11 is 0. The zero-order valence-corrected chi connectivity index (χ0v) is 20.3. The number of nitrogens with zero attached hydrogens (tertiary/aromatic N) is 1. The van der Waals surface area contributed by atoms with Crippen LogP contribution >= 0.6 is 15.4 Å². The average molecular weight is 582 g/mol. The Morgan fingerprint density at radius 1 is 1.03 bits per heavy atom. The number of nitrogens with one attached hydrogen (secondary N) is 1. The molecule has 1 aromatic rings. The van der Waals surface area contributed by atoms with Crippen molar-refractivity contribution in [1.29, 1.82) is 0 Å². The van der Waals surface area contributed by atoms with Gasteiger partial charge in [0.25, 0.3) is 5.56 Å². The van der Waals surface area contributed by atoms with Crippen LogP contribution in [0.3, 0.4) is 0 Å². The van der Waals surface area contributed by atoms with Crippen LogP contribution in [0.1, 0.15) is 6.23 Å². The van der Waals surface area contributed by atoms with Crippen molar-refractivity contribution in [2.24, 2.45) is 0 Å². The maximum Gasteiger partial charge on any atom is 0.479 e. The van der Waals surface area contributed by atoms with Crippen LogP contribution in [0.25, 0.3) is 0 Å². The molecule has 3 rings (SSSR count). The van der Waals surface area contributed by atoms with Gasteiger partial charge in [0.15, 0.2) is 25.0 Å². The van der Waals surface area contributed by atoms with Crippen LogP contribution in [0, 0.1) is 0 Å². The minimum Gasteiger partial charge on any atom is -0.394 e. The van der Waals surface area contributed by atoms with Gasteiger partial charge in [-0.05, 0) is 0 Å². The normalized spacial score (nSPS) is 37.7. The Hall–Kier alpha value is -1.41. The number of phosphoric ester groups is 1. The Labute approximate surface area is 205 Å². The molecule has 0 radical (unpaired) electrons. The summed E-state index contributed by atoms with van der Waals surface area (Å²) in [5.74, 6) is 0. The van der Waals surface area contributed by atoms with E-state index in [2.05, 4.69) is 13.6 Å². The van der Waals surface area contributed by atoms with Gasteiger partial charge in [0, 0.05) is 12.3 Å². The molecule has 2 unspecified atom stereocenters. The van der Waals surface area contributed by atoms with Gasteiger partial charge in [-0.1, -0.05) is 0 Å². The molecule has 0 spiro atoms. The molecule has 2 aliphatic heterocycles. The summed E-state index contributed by atoms with van der Waals surface area (Å²) in [5.41, 5.74) is -1.74. The first-order chi connectivity index (χ1) is 17.2. The van der Waals surface area contributed by atoms with E-state index in [-0.39, 0.29) is 0 Å². The van der Waals surface area contributed by atoms with Crippen LogP contribution in [0.15, 0.2) is 21.9 Å². The molecule has 3 heterocycles. The van der Waals surface area contributed by atoms with Crippen molar-refractivity contribution in [3.63, 3.8) is 0 Å². The molecule has 0 aliphatic carbocycles. The molecule has 2 aliphatic rings. The fourth-order valence-electron chi connectivity index (χ4n) is 3.45. The van der Waals surface area contributed by atoms with Gasteiger partial charge in [-0.15, -0.1) is 0 Å². The third-order valence-electron chi connectivity index (χ3n) is 5.30. The molecule has 1 aromatic heterocycles. The number of aliphatic hydroxyl groups is 5. The average Bonchev–Trinajstić information content (AvgIpc) is 3.09. The molecule has 11 atom stereocenters. The lowest BCUT2D eigenvalue weighted by Gasteiger charge is -2.38. The molecule has 0 saturated carbocycles. The van der Waals surface area contributed by atoms with Crippen LogP contribution in [0.2, 0.25) is 0 Å². The molecule has 2 saturated heterocycles. The Balaban J connectivity index is 1.56. The van der Waals surface area contributed by atoms with E-state index < -0.39 is 102 Å². The molecule has 37 heavy (non-hydrogen) atoms. The molecule has 0 bridgehead atoms. The van der Waals surface area contributed by atoms with Gasteiger partial charge in [-0.2, -0.15) is 0 Å². The third kappa shape index (κ3) is 7.17. The van der Waals surface area contributed by atoms with Crippen LogP contribution in [0.4, 0.5) is 4.39 Å². The van der Waals surface area contributed by atoms with Crippen LogP contribution < -0.4 is 11.2 Å². The van der Waals surface area contributed by atoms with Gasteiger partial charge in [0.2, 0.25) is 0 Å². The van der Waals surface area contributed by atoms with Crippen LogP contribution in [-0.4, -0.2) is 114 Å². The molecule has 21 heteroatoms. The summed E-state index contributed by atoms with van der Waals surface area (Å²) in [4.78, 5) is 44.5. The van der Waals surface area contributed by atoms with Crippen molar-refractivity contribution in [2.45, 2.75) is 55.3 Å². The first-order valence-corrected chi connectivity index (χ1v) is 13.6.